The first-order chi connectivity index (χ1) is 9.24. The van der Waals surface area contributed by atoms with Crippen molar-refractivity contribution in [3.63, 3.8) is 0 Å². The summed E-state index contributed by atoms with van der Waals surface area (Å²) in [5.41, 5.74) is 1.53. The van der Waals surface area contributed by atoms with E-state index in [-0.39, 0.29) is 5.60 Å². The normalized spacial score (nSPS) is 27.2. The summed E-state index contributed by atoms with van der Waals surface area (Å²) >= 11 is 0. The van der Waals surface area contributed by atoms with Crippen molar-refractivity contribution in [2.75, 3.05) is 13.2 Å². The number of nitrogens with zero attached hydrogens (tertiary/aromatic N) is 2. The van der Waals surface area contributed by atoms with Crippen molar-refractivity contribution in [3.05, 3.63) is 18.0 Å². The molecule has 0 aromatic carbocycles. The molecule has 3 rings (SSSR count). The van der Waals surface area contributed by atoms with Crippen molar-refractivity contribution < 1.29 is 4.74 Å². The van der Waals surface area contributed by atoms with Gasteiger partial charge in [0, 0.05) is 19.9 Å². The third kappa shape index (κ3) is 2.43. The van der Waals surface area contributed by atoms with Crippen molar-refractivity contribution in [3.8, 4) is 0 Å². The van der Waals surface area contributed by atoms with E-state index >= 15 is 0 Å². The van der Waals surface area contributed by atoms with E-state index in [1.807, 2.05) is 17.9 Å². The summed E-state index contributed by atoms with van der Waals surface area (Å²) in [6.45, 7) is 4.10. The van der Waals surface area contributed by atoms with E-state index < -0.39 is 0 Å². The lowest BCUT2D eigenvalue weighted by molar-refractivity contribution is -0.147. The lowest BCUT2D eigenvalue weighted by atomic mass is 9.70. The molecule has 0 bridgehead atoms. The fourth-order valence-electron chi connectivity index (χ4n) is 3.69. The Morgan fingerprint density at radius 3 is 3.00 bits per heavy atom. The maximum Gasteiger partial charge on any atom is 0.0686 e. The maximum absolute atomic E-state index is 6.06. The maximum atomic E-state index is 6.06. The first-order valence-electron chi connectivity index (χ1n) is 7.59. The molecule has 1 N–H and O–H groups in total. The van der Waals surface area contributed by atoms with Crippen LogP contribution in [0.25, 0.3) is 0 Å². The summed E-state index contributed by atoms with van der Waals surface area (Å²) in [5, 5.41) is 8.00. The molecule has 1 spiro atoms. The molecule has 1 saturated heterocycles. The van der Waals surface area contributed by atoms with Crippen LogP contribution in [-0.2, 0) is 11.8 Å². The third-order valence-corrected chi connectivity index (χ3v) is 4.87. The zero-order chi connectivity index (χ0) is 13.3. The molecule has 19 heavy (non-hydrogen) atoms. The standard InChI is InChI=1S/C15H25N3O/c1-3-16-14(13-5-9-17-18(13)2)12-6-10-19-15(11-12)7-4-8-15/h5,9,12,14,16H,3-4,6-8,10-11H2,1-2H3. The first-order valence-corrected chi connectivity index (χ1v) is 7.59. The molecule has 1 aromatic rings. The van der Waals surface area contributed by atoms with Crippen LogP contribution < -0.4 is 5.32 Å². The lowest BCUT2D eigenvalue weighted by Crippen LogP contribution is -2.48. The van der Waals surface area contributed by atoms with Crippen molar-refractivity contribution in [2.24, 2.45) is 13.0 Å². The van der Waals surface area contributed by atoms with E-state index in [1.54, 1.807) is 0 Å². The monoisotopic (exact) mass is 263 g/mol. The van der Waals surface area contributed by atoms with Gasteiger partial charge in [-0.1, -0.05) is 6.92 Å². The van der Waals surface area contributed by atoms with Gasteiger partial charge in [-0.05, 0) is 50.6 Å². The highest BCUT2D eigenvalue weighted by molar-refractivity contribution is 5.10. The average molecular weight is 263 g/mol. The topological polar surface area (TPSA) is 39.1 Å². The molecule has 0 radical (unpaired) electrons. The van der Waals surface area contributed by atoms with Crippen LogP contribution in [0.15, 0.2) is 12.3 Å². The van der Waals surface area contributed by atoms with Crippen molar-refractivity contribution in [1.82, 2.24) is 15.1 Å². The van der Waals surface area contributed by atoms with Crippen LogP contribution in [0.1, 0.15) is 50.8 Å². The summed E-state index contributed by atoms with van der Waals surface area (Å²) in [4.78, 5) is 0. The van der Waals surface area contributed by atoms with E-state index in [0.717, 1.165) is 19.6 Å². The Hall–Kier alpha value is -0.870. The molecule has 1 saturated carbocycles. The SMILES string of the molecule is CCNC(c1ccnn1C)C1CCOC2(CCC2)C1. The molecule has 4 heteroatoms. The minimum atomic E-state index is 0.217. The van der Waals surface area contributed by atoms with Crippen LogP contribution in [0, 0.1) is 5.92 Å². The average Bonchev–Trinajstić information content (AvgIpc) is 2.80. The zero-order valence-corrected chi connectivity index (χ0v) is 12.1. The predicted molar refractivity (Wildman–Crippen MR) is 74.9 cm³/mol. The van der Waals surface area contributed by atoms with Gasteiger partial charge in [-0.25, -0.2) is 0 Å². The van der Waals surface area contributed by atoms with Gasteiger partial charge in [0.05, 0.1) is 17.3 Å². The van der Waals surface area contributed by atoms with E-state index in [1.165, 1.54) is 31.4 Å². The van der Waals surface area contributed by atoms with Crippen LogP contribution in [0.2, 0.25) is 0 Å². The predicted octanol–water partition coefficient (Wildman–Crippen LogP) is 2.42. The summed E-state index contributed by atoms with van der Waals surface area (Å²) < 4.78 is 8.07. The number of ether oxygens (including phenoxy) is 1. The highest BCUT2D eigenvalue weighted by Gasteiger charge is 2.44. The van der Waals surface area contributed by atoms with Gasteiger partial charge in [-0.15, -0.1) is 0 Å². The highest BCUT2D eigenvalue weighted by atomic mass is 16.5. The Kier molecular flexibility index (Phi) is 3.63. The Labute approximate surface area is 115 Å². The van der Waals surface area contributed by atoms with Gasteiger partial charge >= 0.3 is 0 Å². The number of nitrogens with one attached hydrogen (secondary N) is 1. The summed E-state index contributed by atoms with van der Waals surface area (Å²) in [5.74, 6) is 0.671. The number of hydrogen-bond donors (Lipinski definition) is 1. The molecular formula is C15H25N3O. The van der Waals surface area contributed by atoms with Crippen LogP contribution in [0.4, 0.5) is 0 Å². The number of hydrogen-bond acceptors (Lipinski definition) is 3. The number of aryl methyl sites for hydroxylation is 1. The zero-order valence-electron chi connectivity index (χ0n) is 12.1. The molecule has 4 nitrogen and oxygen atoms in total. The van der Waals surface area contributed by atoms with E-state index in [4.69, 9.17) is 4.74 Å². The Morgan fingerprint density at radius 2 is 2.42 bits per heavy atom. The second kappa shape index (κ2) is 5.25. The van der Waals surface area contributed by atoms with Gasteiger partial charge in [-0.2, -0.15) is 5.10 Å². The summed E-state index contributed by atoms with van der Waals surface area (Å²) in [6.07, 6.45) is 8.12. The minimum absolute atomic E-state index is 0.217. The molecule has 2 heterocycles. The third-order valence-electron chi connectivity index (χ3n) is 4.87. The fraction of sp³-hybridized carbons (Fsp3) is 0.800. The molecule has 2 unspecified atom stereocenters. The minimum Gasteiger partial charge on any atom is -0.375 e. The van der Waals surface area contributed by atoms with Gasteiger partial charge in [0.1, 0.15) is 0 Å². The van der Waals surface area contributed by atoms with Crippen molar-refractivity contribution >= 4 is 0 Å². The molecule has 2 fully saturated rings. The molecule has 2 atom stereocenters. The molecule has 2 aliphatic rings. The van der Waals surface area contributed by atoms with E-state index in [0.29, 0.717) is 12.0 Å². The second-order valence-electron chi connectivity index (χ2n) is 6.05. The molecule has 1 aromatic heterocycles. The molecular weight excluding hydrogens is 238 g/mol. The molecule has 1 aliphatic heterocycles. The summed E-state index contributed by atoms with van der Waals surface area (Å²) in [6, 6.07) is 2.56. The lowest BCUT2D eigenvalue weighted by Gasteiger charge is -2.48. The molecule has 106 valence electrons. The van der Waals surface area contributed by atoms with Crippen LogP contribution in [0.3, 0.4) is 0 Å². The number of aromatic nitrogens is 2. The van der Waals surface area contributed by atoms with Crippen molar-refractivity contribution in [1.29, 1.82) is 0 Å². The summed E-state index contributed by atoms with van der Waals surface area (Å²) in [7, 11) is 2.04. The Balaban J connectivity index is 1.78. The van der Waals surface area contributed by atoms with Gasteiger partial charge in [-0.3, -0.25) is 4.68 Å². The Bertz CT molecular complexity index is 425. The van der Waals surface area contributed by atoms with Crippen molar-refractivity contribution in [2.45, 2.75) is 50.7 Å². The smallest absolute Gasteiger partial charge is 0.0686 e. The fourth-order valence-corrected chi connectivity index (χ4v) is 3.69. The van der Waals surface area contributed by atoms with Crippen LogP contribution in [0.5, 0.6) is 0 Å². The van der Waals surface area contributed by atoms with E-state index in [9.17, 15) is 0 Å². The first kappa shape index (κ1) is 13.1. The quantitative estimate of drug-likeness (QED) is 0.906. The largest absolute Gasteiger partial charge is 0.375 e. The second-order valence-corrected chi connectivity index (χ2v) is 6.05. The molecule has 0 amide bonds. The highest BCUT2D eigenvalue weighted by Crippen LogP contribution is 2.47. The van der Waals surface area contributed by atoms with Crippen LogP contribution >= 0.6 is 0 Å². The van der Waals surface area contributed by atoms with Crippen LogP contribution in [-0.4, -0.2) is 28.5 Å². The Morgan fingerprint density at radius 1 is 1.58 bits per heavy atom. The van der Waals surface area contributed by atoms with Gasteiger partial charge in [0.25, 0.3) is 0 Å². The van der Waals surface area contributed by atoms with Gasteiger partial charge in [0.15, 0.2) is 0 Å². The van der Waals surface area contributed by atoms with Gasteiger partial charge in [0.2, 0.25) is 0 Å². The van der Waals surface area contributed by atoms with Gasteiger partial charge < -0.3 is 10.1 Å². The number of rotatable bonds is 4. The van der Waals surface area contributed by atoms with E-state index in [2.05, 4.69) is 23.4 Å². The molecule has 1 aliphatic carbocycles.